The predicted octanol–water partition coefficient (Wildman–Crippen LogP) is 13.1. The highest BCUT2D eigenvalue weighted by Gasteiger charge is 2.35. The standard InChI is InChI=1S/C47H32/c1-47(2)43-25-13-17-30-16-12-24-37(45(30)43)46-36-23-11-10-22-35(36)42(28-44(46)47)41-27-40-32-19-7-6-18-31(32)38(29-14-4-3-5-15-29)26-39(40)33-20-8-9-21-34(33)41/h3-28H,1-2H3. The molecule has 1 aliphatic carbocycles. The second-order valence-corrected chi connectivity index (χ2v) is 13.6. The van der Waals surface area contributed by atoms with Gasteiger partial charge in [-0.1, -0.05) is 153 Å². The molecule has 0 saturated heterocycles. The van der Waals surface area contributed by atoms with E-state index in [4.69, 9.17) is 0 Å². The fraction of sp³-hybridized carbons (Fsp3) is 0.0638. The molecule has 0 aromatic heterocycles. The average molecular weight is 597 g/mol. The molecule has 9 aromatic carbocycles. The summed E-state index contributed by atoms with van der Waals surface area (Å²) in [6.07, 6.45) is 0. The van der Waals surface area contributed by atoms with Crippen LogP contribution in [-0.2, 0) is 5.41 Å². The molecule has 47 heavy (non-hydrogen) atoms. The zero-order valence-electron chi connectivity index (χ0n) is 26.5. The Kier molecular flexibility index (Phi) is 5.44. The van der Waals surface area contributed by atoms with Crippen LogP contribution in [-0.4, -0.2) is 0 Å². The van der Waals surface area contributed by atoms with Crippen LogP contribution in [0.25, 0.3) is 87.2 Å². The minimum Gasteiger partial charge on any atom is -0.0622 e. The molecule has 0 aliphatic heterocycles. The molecule has 9 aromatic rings. The molecule has 10 rings (SSSR count). The van der Waals surface area contributed by atoms with Crippen molar-refractivity contribution in [2.24, 2.45) is 0 Å². The zero-order chi connectivity index (χ0) is 31.3. The summed E-state index contributed by atoms with van der Waals surface area (Å²) in [7, 11) is 0. The molecule has 0 unspecified atom stereocenters. The molecule has 0 saturated carbocycles. The van der Waals surface area contributed by atoms with Gasteiger partial charge in [0.15, 0.2) is 0 Å². The summed E-state index contributed by atoms with van der Waals surface area (Å²) in [5.41, 5.74) is 10.5. The minimum atomic E-state index is -0.161. The Labute approximate surface area is 274 Å². The summed E-state index contributed by atoms with van der Waals surface area (Å²) < 4.78 is 0. The average Bonchev–Trinajstić information content (AvgIpc) is 3.13. The van der Waals surface area contributed by atoms with Gasteiger partial charge in [0.05, 0.1) is 0 Å². The predicted molar refractivity (Wildman–Crippen MR) is 202 cm³/mol. The topological polar surface area (TPSA) is 0 Å². The largest absolute Gasteiger partial charge is 0.0622 e. The third kappa shape index (κ3) is 3.64. The van der Waals surface area contributed by atoms with Crippen molar-refractivity contribution < 1.29 is 0 Å². The summed E-state index contributed by atoms with van der Waals surface area (Å²) in [6, 6.07) is 58.9. The van der Waals surface area contributed by atoms with E-state index in [1.165, 1.54) is 98.4 Å². The highest BCUT2D eigenvalue weighted by molar-refractivity contribution is 6.25. The summed E-state index contributed by atoms with van der Waals surface area (Å²) in [6.45, 7) is 4.82. The van der Waals surface area contributed by atoms with Crippen molar-refractivity contribution in [3.05, 3.63) is 169 Å². The molecular weight excluding hydrogens is 565 g/mol. The first kappa shape index (κ1) is 26.5. The van der Waals surface area contributed by atoms with Crippen LogP contribution >= 0.6 is 0 Å². The van der Waals surface area contributed by atoms with Crippen LogP contribution in [0.15, 0.2) is 158 Å². The minimum absolute atomic E-state index is 0.161. The Balaban J connectivity index is 1.36. The summed E-state index contributed by atoms with van der Waals surface area (Å²) in [4.78, 5) is 0. The zero-order valence-corrected chi connectivity index (χ0v) is 26.5. The third-order valence-corrected chi connectivity index (χ3v) is 10.8. The van der Waals surface area contributed by atoms with Crippen molar-refractivity contribution in [1.29, 1.82) is 0 Å². The van der Waals surface area contributed by atoms with Crippen LogP contribution in [0.1, 0.15) is 25.0 Å². The lowest BCUT2D eigenvalue weighted by molar-refractivity contribution is 0.646. The van der Waals surface area contributed by atoms with Crippen molar-refractivity contribution in [2.75, 3.05) is 0 Å². The third-order valence-electron chi connectivity index (χ3n) is 10.8. The number of benzene rings is 9. The molecule has 220 valence electrons. The van der Waals surface area contributed by atoms with E-state index in [1.807, 2.05) is 0 Å². The van der Waals surface area contributed by atoms with Gasteiger partial charge in [-0.3, -0.25) is 0 Å². The van der Waals surface area contributed by atoms with Gasteiger partial charge in [0, 0.05) is 5.41 Å². The number of fused-ring (bicyclic) bond motifs is 9. The number of hydrogen-bond acceptors (Lipinski definition) is 0. The second kappa shape index (κ2) is 9.64. The van der Waals surface area contributed by atoms with Gasteiger partial charge in [0.25, 0.3) is 0 Å². The Bertz CT molecular complexity index is 2740. The molecule has 0 nitrogen and oxygen atoms in total. The molecular formula is C47H32. The Morgan fingerprint density at radius 1 is 0.340 bits per heavy atom. The normalized spacial score (nSPS) is 13.5. The summed E-state index contributed by atoms with van der Waals surface area (Å²) in [5, 5.41) is 13.1. The van der Waals surface area contributed by atoms with Gasteiger partial charge in [0.2, 0.25) is 0 Å². The SMILES string of the molecule is CC1(C)c2cc(-c3cc4c5ccccc5c(-c5ccccc5)cc4c4ccccc34)c3ccccc3c2-c2cccc3cccc1c23. The first-order valence-electron chi connectivity index (χ1n) is 16.6. The van der Waals surface area contributed by atoms with Gasteiger partial charge >= 0.3 is 0 Å². The van der Waals surface area contributed by atoms with Crippen LogP contribution in [0.3, 0.4) is 0 Å². The first-order chi connectivity index (χ1) is 23.1. The van der Waals surface area contributed by atoms with Crippen LogP contribution in [0.5, 0.6) is 0 Å². The van der Waals surface area contributed by atoms with Gasteiger partial charge in [-0.2, -0.15) is 0 Å². The van der Waals surface area contributed by atoms with Crippen LogP contribution in [0.4, 0.5) is 0 Å². The number of rotatable bonds is 2. The molecule has 0 amide bonds. The van der Waals surface area contributed by atoms with Crippen LogP contribution < -0.4 is 0 Å². The Morgan fingerprint density at radius 2 is 0.851 bits per heavy atom. The van der Waals surface area contributed by atoms with E-state index < -0.39 is 0 Å². The van der Waals surface area contributed by atoms with E-state index in [-0.39, 0.29) is 5.41 Å². The van der Waals surface area contributed by atoms with Crippen molar-refractivity contribution >= 4 is 53.9 Å². The fourth-order valence-corrected chi connectivity index (χ4v) is 8.63. The lowest BCUT2D eigenvalue weighted by Gasteiger charge is -2.36. The fourth-order valence-electron chi connectivity index (χ4n) is 8.63. The lowest BCUT2D eigenvalue weighted by Crippen LogP contribution is -2.24. The molecule has 1 aliphatic rings. The van der Waals surface area contributed by atoms with E-state index >= 15 is 0 Å². The Hall–Kier alpha value is -5.72. The quantitative estimate of drug-likeness (QED) is 0.174. The molecule has 0 bridgehead atoms. The van der Waals surface area contributed by atoms with Crippen molar-refractivity contribution in [3.8, 4) is 33.4 Å². The van der Waals surface area contributed by atoms with E-state index in [0.29, 0.717) is 0 Å². The molecule has 0 N–H and O–H groups in total. The molecule has 0 fully saturated rings. The smallest absolute Gasteiger partial charge is 0.0159 e. The van der Waals surface area contributed by atoms with Crippen molar-refractivity contribution in [3.63, 3.8) is 0 Å². The highest BCUT2D eigenvalue weighted by Crippen LogP contribution is 2.53. The van der Waals surface area contributed by atoms with E-state index in [1.54, 1.807) is 0 Å². The molecule has 0 atom stereocenters. The van der Waals surface area contributed by atoms with Crippen LogP contribution in [0.2, 0.25) is 0 Å². The van der Waals surface area contributed by atoms with Crippen molar-refractivity contribution in [1.82, 2.24) is 0 Å². The summed E-state index contributed by atoms with van der Waals surface area (Å²) in [5.74, 6) is 0. The van der Waals surface area contributed by atoms with Gasteiger partial charge in [0.1, 0.15) is 0 Å². The lowest BCUT2D eigenvalue weighted by atomic mass is 9.66. The van der Waals surface area contributed by atoms with Crippen LogP contribution in [0, 0.1) is 0 Å². The highest BCUT2D eigenvalue weighted by atomic mass is 14.4. The molecule has 0 heterocycles. The van der Waals surface area contributed by atoms with Gasteiger partial charge in [-0.05, 0) is 117 Å². The molecule has 0 radical (unpaired) electrons. The Morgan fingerprint density at radius 3 is 1.53 bits per heavy atom. The molecule has 0 heteroatoms. The summed E-state index contributed by atoms with van der Waals surface area (Å²) >= 11 is 0. The van der Waals surface area contributed by atoms with Crippen molar-refractivity contribution in [2.45, 2.75) is 19.3 Å². The van der Waals surface area contributed by atoms with Gasteiger partial charge in [-0.25, -0.2) is 0 Å². The monoisotopic (exact) mass is 596 g/mol. The number of hydrogen-bond donors (Lipinski definition) is 0. The van der Waals surface area contributed by atoms with Gasteiger partial charge < -0.3 is 0 Å². The van der Waals surface area contributed by atoms with E-state index in [2.05, 4.69) is 172 Å². The maximum atomic E-state index is 2.53. The van der Waals surface area contributed by atoms with E-state index in [9.17, 15) is 0 Å². The first-order valence-corrected chi connectivity index (χ1v) is 16.6. The molecule has 0 spiro atoms. The van der Waals surface area contributed by atoms with E-state index in [0.717, 1.165) is 0 Å². The second-order valence-electron chi connectivity index (χ2n) is 13.6. The maximum Gasteiger partial charge on any atom is 0.0159 e. The maximum absolute atomic E-state index is 2.53. The van der Waals surface area contributed by atoms with Gasteiger partial charge in [-0.15, -0.1) is 0 Å².